The Balaban J connectivity index is 2.28. The number of non-ortho nitro benzene ring substituents is 1. The highest BCUT2D eigenvalue weighted by molar-refractivity contribution is 9.10. The van der Waals surface area contributed by atoms with Crippen molar-refractivity contribution in [2.45, 2.75) is 0 Å². The summed E-state index contributed by atoms with van der Waals surface area (Å²) in [5, 5.41) is 21.1. The molecular weight excluding hydrogens is 412 g/mol. The molecular formula is C16H11BrN2O7. The molecule has 0 saturated heterocycles. The van der Waals surface area contributed by atoms with Crippen molar-refractivity contribution in [3.05, 3.63) is 78.4 Å². The van der Waals surface area contributed by atoms with Gasteiger partial charge < -0.3 is 9.47 Å². The topological polar surface area (TPSA) is 122 Å². The van der Waals surface area contributed by atoms with Crippen LogP contribution in [0, 0.1) is 20.2 Å². The monoisotopic (exact) mass is 422 g/mol. The number of carbonyl (C=O) groups excluding carboxylic acids is 1. The van der Waals surface area contributed by atoms with E-state index >= 15 is 0 Å². The van der Waals surface area contributed by atoms with Gasteiger partial charge in [0.25, 0.3) is 5.69 Å². The number of rotatable bonds is 6. The molecule has 0 bridgehead atoms. The first-order valence-electron chi connectivity index (χ1n) is 6.97. The Hall–Kier alpha value is -3.27. The lowest BCUT2D eigenvalue weighted by Gasteiger charge is -2.12. The van der Waals surface area contributed by atoms with Gasteiger partial charge in [-0.25, -0.2) is 4.79 Å². The predicted molar refractivity (Wildman–Crippen MR) is 94.8 cm³/mol. The maximum Gasteiger partial charge on any atom is 0.343 e. The average molecular weight is 423 g/mol. The highest BCUT2D eigenvalue weighted by atomic mass is 79.9. The van der Waals surface area contributed by atoms with Crippen LogP contribution in [-0.2, 0) is 0 Å². The number of halogens is 1. The van der Waals surface area contributed by atoms with Gasteiger partial charge in [-0.3, -0.25) is 20.2 Å². The van der Waals surface area contributed by atoms with E-state index in [1.54, 1.807) is 0 Å². The fourth-order valence-electron chi connectivity index (χ4n) is 1.95. The summed E-state index contributed by atoms with van der Waals surface area (Å²) < 4.78 is 10.8. The van der Waals surface area contributed by atoms with Crippen molar-refractivity contribution in [2.24, 2.45) is 0 Å². The quantitative estimate of drug-likeness (QED) is 0.300. The second-order valence-electron chi connectivity index (χ2n) is 4.83. The van der Waals surface area contributed by atoms with Crippen molar-refractivity contribution in [3.8, 4) is 11.5 Å². The van der Waals surface area contributed by atoms with E-state index in [-0.39, 0.29) is 22.7 Å². The molecule has 0 N–H and O–H groups in total. The van der Waals surface area contributed by atoms with Gasteiger partial charge in [-0.1, -0.05) is 0 Å². The molecule has 0 saturated carbocycles. The number of hydrogen-bond acceptors (Lipinski definition) is 7. The lowest BCUT2D eigenvalue weighted by Crippen LogP contribution is -2.10. The van der Waals surface area contributed by atoms with Crippen molar-refractivity contribution in [1.82, 2.24) is 0 Å². The van der Waals surface area contributed by atoms with Crippen LogP contribution in [0.25, 0.3) is 6.08 Å². The van der Waals surface area contributed by atoms with E-state index in [4.69, 9.17) is 9.47 Å². The zero-order valence-corrected chi connectivity index (χ0v) is 14.8. The minimum Gasteiger partial charge on any atom is -0.493 e. The fraction of sp³-hybridized carbons (Fsp3) is 0.0625. The van der Waals surface area contributed by atoms with Crippen LogP contribution in [0.2, 0.25) is 0 Å². The number of nitro groups is 2. The summed E-state index contributed by atoms with van der Waals surface area (Å²) in [5.41, 5.74) is 0.421. The normalized spacial score (nSPS) is 10.5. The Morgan fingerprint density at radius 3 is 2.35 bits per heavy atom. The molecule has 0 aromatic heterocycles. The first kappa shape index (κ1) is 19.1. The van der Waals surface area contributed by atoms with Gasteiger partial charge in [0.1, 0.15) is 0 Å². The summed E-state index contributed by atoms with van der Waals surface area (Å²) in [5.74, 6) is -0.487. The second kappa shape index (κ2) is 8.21. The third-order valence-corrected chi connectivity index (χ3v) is 3.74. The van der Waals surface area contributed by atoms with Crippen LogP contribution in [0.4, 0.5) is 5.69 Å². The van der Waals surface area contributed by atoms with Crippen LogP contribution in [-0.4, -0.2) is 22.9 Å². The minimum absolute atomic E-state index is 0.0779. The fourth-order valence-corrected chi connectivity index (χ4v) is 2.49. The lowest BCUT2D eigenvalue weighted by molar-refractivity contribution is -0.400. The smallest absolute Gasteiger partial charge is 0.343 e. The third kappa shape index (κ3) is 4.63. The van der Waals surface area contributed by atoms with E-state index in [9.17, 15) is 25.0 Å². The van der Waals surface area contributed by atoms with Gasteiger partial charge in [0.15, 0.2) is 11.5 Å². The lowest BCUT2D eigenvalue weighted by atomic mass is 10.2. The first-order valence-corrected chi connectivity index (χ1v) is 7.77. The molecule has 26 heavy (non-hydrogen) atoms. The molecule has 10 heteroatoms. The van der Waals surface area contributed by atoms with E-state index in [2.05, 4.69) is 15.9 Å². The van der Waals surface area contributed by atoms with Gasteiger partial charge in [0, 0.05) is 18.2 Å². The standard InChI is InChI=1S/C16H11BrN2O7/c1-25-14-9-10(6-7-18(21)22)8-13(17)15(14)26-16(20)11-2-4-12(5-3-11)19(23)24/h2-9H,1H3. The molecule has 0 spiro atoms. The summed E-state index contributed by atoms with van der Waals surface area (Å²) in [6, 6.07) is 7.90. The maximum atomic E-state index is 12.2. The summed E-state index contributed by atoms with van der Waals surface area (Å²) in [6.45, 7) is 0. The largest absolute Gasteiger partial charge is 0.493 e. The number of carbonyl (C=O) groups is 1. The number of nitrogens with zero attached hydrogens (tertiary/aromatic N) is 2. The van der Waals surface area contributed by atoms with Crippen molar-refractivity contribution >= 4 is 33.7 Å². The van der Waals surface area contributed by atoms with Crippen LogP contribution in [0.1, 0.15) is 15.9 Å². The van der Waals surface area contributed by atoms with Crippen LogP contribution in [0.15, 0.2) is 47.1 Å². The molecule has 2 aromatic rings. The van der Waals surface area contributed by atoms with Gasteiger partial charge in [-0.15, -0.1) is 0 Å². The number of benzene rings is 2. The van der Waals surface area contributed by atoms with Gasteiger partial charge in [0.2, 0.25) is 6.20 Å². The molecule has 0 atom stereocenters. The van der Waals surface area contributed by atoms with Crippen LogP contribution >= 0.6 is 15.9 Å². The van der Waals surface area contributed by atoms with Crippen molar-refractivity contribution < 1.29 is 24.1 Å². The van der Waals surface area contributed by atoms with E-state index in [0.717, 1.165) is 6.20 Å². The molecule has 0 amide bonds. The van der Waals surface area contributed by atoms with E-state index in [0.29, 0.717) is 10.0 Å². The molecule has 0 aliphatic carbocycles. The number of ether oxygens (including phenoxy) is 2. The second-order valence-corrected chi connectivity index (χ2v) is 5.68. The van der Waals surface area contributed by atoms with Crippen LogP contribution in [0.5, 0.6) is 11.5 Å². The molecule has 0 unspecified atom stereocenters. The molecule has 134 valence electrons. The summed E-state index contributed by atoms with van der Waals surface area (Å²) in [6.07, 6.45) is 2.03. The Kier molecular flexibility index (Phi) is 6.02. The van der Waals surface area contributed by atoms with Crippen molar-refractivity contribution in [2.75, 3.05) is 7.11 Å². The number of methoxy groups -OCH3 is 1. The predicted octanol–water partition coefficient (Wildman–Crippen LogP) is 3.83. The zero-order valence-electron chi connectivity index (χ0n) is 13.2. The van der Waals surface area contributed by atoms with Crippen molar-refractivity contribution in [1.29, 1.82) is 0 Å². The minimum atomic E-state index is -0.743. The highest BCUT2D eigenvalue weighted by Gasteiger charge is 2.17. The molecule has 2 aromatic carbocycles. The van der Waals surface area contributed by atoms with Crippen LogP contribution < -0.4 is 9.47 Å². The molecule has 9 nitrogen and oxygen atoms in total. The van der Waals surface area contributed by atoms with E-state index in [1.807, 2.05) is 0 Å². The summed E-state index contributed by atoms with van der Waals surface area (Å²) in [4.78, 5) is 32.1. The maximum absolute atomic E-state index is 12.2. The SMILES string of the molecule is COc1cc(C=C[N+](=O)[O-])cc(Br)c1OC(=O)c1ccc([N+](=O)[O-])cc1. The first-order chi connectivity index (χ1) is 12.3. The average Bonchev–Trinajstić information content (AvgIpc) is 2.61. The summed E-state index contributed by atoms with van der Waals surface area (Å²) >= 11 is 3.23. The highest BCUT2D eigenvalue weighted by Crippen LogP contribution is 2.37. The van der Waals surface area contributed by atoms with Crippen LogP contribution in [0.3, 0.4) is 0 Å². The molecule has 0 heterocycles. The molecule has 0 fully saturated rings. The Morgan fingerprint density at radius 2 is 1.81 bits per heavy atom. The number of hydrogen-bond donors (Lipinski definition) is 0. The molecule has 2 rings (SSSR count). The molecule has 0 aliphatic rings. The van der Waals surface area contributed by atoms with Gasteiger partial charge in [-0.05, 0) is 45.8 Å². The Bertz CT molecular complexity index is 894. The van der Waals surface area contributed by atoms with Gasteiger partial charge >= 0.3 is 5.97 Å². The third-order valence-electron chi connectivity index (χ3n) is 3.15. The number of nitro benzene ring substituents is 1. The summed E-state index contributed by atoms with van der Waals surface area (Å²) in [7, 11) is 1.35. The number of esters is 1. The Morgan fingerprint density at radius 1 is 1.15 bits per heavy atom. The zero-order chi connectivity index (χ0) is 19.3. The Labute approximate surface area is 155 Å². The van der Waals surface area contributed by atoms with Gasteiger partial charge in [-0.2, -0.15) is 0 Å². The van der Waals surface area contributed by atoms with Gasteiger partial charge in [0.05, 0.1) is 27.0 Å². The van der Waals surface area contributed by atoms with E-state index < -0.39 is 15.8 Å². The molecule has 0 radical (unpaired) electrons. The van der Waals surface area contributed by atoms with E-state index in [1.165, 1.54) is 49.6 Å². The molecule has 0 aliphatic heterocycles. The van der Waals surface area contributed by atoms with Crippen molar-refractivity contribution in [3.63, 3.8) is 0 Å².